The van der Waals surface area contributed by atoms with Crippen molar-refractivity contribution in [1.29, 1.82) is 0 Å². The smallest absolute Gasteiger partial charge is 0.319 e. The zero-order valence-corrected chi connectivity index (χ0v) is 17.6. The lowest BCUT2D eigenvalue weighted by Crippen LogP contribution is -2.31. The molecule has 0 spiro atoms. The molecule has 29 heavy (non-hydrogen) atoms. The van der Waals surface area contributed by atoms with E-state index < -0.39 is 0 Å². The van der Waals surface area contributed by atoms with E-state index in [1.807, 2.05) is 55.5 Å². The molecule has 1 aromatic heterocycles. The Labute approximate surface area is 177 Å². The number of urea groups is 1. The summed E-state index contributed by atoms with van der Waals surface area (Å²) in [5, 5.41) is 12.7. The Balaban J connectivity index is 1.47. The quantitative estimate of drug-likeness (QED) is 0.499. The Bertz CT molecular complexity index is 970. The third-order valence-corrected chi connectivity index (χ3v) is 4.61. The van der Waals surface area contributed by atoms with E-state index in [-0.39, 0.29) is 24.9 Å². The fourth-order valence-electron chi connectivity index (χ4n) is 2.73. The number of carbonyl (C=O) groups is 2. The molecule has 0 atom stereocenters. The van der Waals surface area contributed by atoms with Crippen LogP contribution in [0.25, 0.3) is 0 Å². The van der Waals surface area contributed by atoms with Gasteiger partial charge in [-0.2, -0.15) is 5.10 Å². The van der Waals surface area contributed by atoms with Gasteiger partial charge in [-0.3, -0.25) is 4.79 Å². The van der Waals surface area contributed by atoms with Crippen molar-refractivity contribution in [3.05, 3.63) is 76.4 Å². The monoisotopic (exact) mass is 455 g/mol. The number of aromatic nitrogens is 2. The Kier molecular flexibility index (Phi) is 7.02. The molecule has 3 amide bonds. The number of rotatable bonds is 7. The molecule has 150 valence electrons. The molecule has 3 aromatic rings. The highest BCUT2D eigenvalue weighted by Crippen LogP contribution is 2.14. The summed E-state index contributed by atoms with van der Waals surface area (Å²) in [5.74, 6) is 0.443. The molecule has 0 saturated heterocycles. The first-order valence-electron chi connectivity index (χ1n) is 9.18. The molecule has 0 unspecified atom stereocenters. The predicted molar refractivity (Wildman–Crippen MR) is 117 cm³/mol. The van der Waals surface area contributed by atoms with Crippen LogP contribution >= 0.6 is 15.9 Å². The summed E-state index contributed by atoms with van der Waals surface area (Å²) >= 11 is 3.34. The lowest BCUT2D eigenvalue weighted by molar-refractivity contribution is -0.116. The molecule has 0 aliphatic carbocycles. The largest absolute Gasteiger partial charge is 0.337 e. The second-order valence-corrected chi connectivity index (χ2v) is 7.42. The number of halogens is 1. The number of nitrogens with zero attached hydrogens (tertiary/aromatic N) is 2. The standard InChI is InChI=1S/C21H22BrN5O2/c1-15-13-19(27(26-15)14-16-5-3-2-4-6-16)25-20(28)11-12-23-21(29)24-18-9-7-17(22)8-10-18/h2-10,13H,11-12,14H2,1H3,(H,25,28)(H2,23,24,29). The van der Waals surface area contributed by atoms with Crippen molar-refractivity contribution >= 4 is 39.4 Å². The predicted octanol–water partition coefficient (Wildman–Crippen LogP) is 4.15. The van der Waals surface area contributed by atoms with Crippen molar-refractivity contribution in [1.82, 2.24) is 15.1 Å². The van der Waals surface area contributed by atoms with Crippen LogP contribution in [-0.4, -0.2) is 28.3 Å². The van der Waals surface area contributed by atoms with Gasteiger partial charge in [0, 0.05) is 29.2 Å². The van der Waals surface area contributed by atoms with Gasteiger partial charge < -0.3 is 16.0 Å². The Morgan fingerprint density at radius 2 is 1.76 bits per heavy atom. The number of nitrogens with one attached hydrogen (secondary N) is 3. The average Bonchev–Trinajstić information content (AvgIpc) is 3.03. The molecule has 0 saturated carbocycles. The first kappa shape index (κ1) is 20.6. The van der Waals surface area contributed by atoms with Crippen LogP contribution in [0.15, 0.2) is 65.1 Å². The highest BCUT2D eigenvalue weighted by Gasteiger charge is 2.10. The number of aryl methyl sites for hydroxylation is 1. The second kappa shape index (κ2) is 9.88. The van der Waals surface area contributed by atoms with Gasteiger partial charge in [0.1, 0.15) is 5.82 Å². The Morgan fingerprint density at radius 1 is 1.03 bits per heavy atom. The van der Waals surface area contributed by atoms with Gasteiger partial charge in [-0.15, -0.1) is 0 Å². The summed E-state index contributed by atoms with van der Waals surface area (Å²) in [5.41, 5.74) is 2.59. The number of benzene rings is 2. The van der Waals surface area contributed by atoms with E-state index in [1.165, 1.54) is 0 Å². The normalized spacial score (nSPS) is 10.4. The summed E-state index contributed by atoms with van der Waals surface area (Å²) < 4.78 is 2.69. The molecule has 0 radical (unpaired) electrons. The second-order valence-electron chi connectivity index (χ2n) is 6.50. The highest BCUT2D eigenvalue weighted by molar-refractivity contribution is 9.10. The number of amides is 3. The summed E-state index contributed by atoms with van der Waals surface area (Å²) in [6, 6.07) is 18.6. The van der Waals surface area contributed by atoms with Gasteiger partial charge in [-0.25, -0.2) is 9.48 Å². The number of hydrogen-bond donors (Lipinski definition) is 3. The Hall–Kier alpha value is -3.13. The molecule has 0 aliphatic rings. The number of anilines is 2. The van der Waals surface area contributed by atoms with Crippen LogP contribution in [-0.2, 0) is 11.3 Å². The number of carbonyl (C=O) groups excluding carboxylic acids is 2. The van der Waals surface area contributed by atoms with E-state index in [0.29, 0.717) is 18.1 Å². The zero-order chi connectivity index (χ0) is 20.6. The minimum atomic E-state index is -0.356. The van der Waals surface area contributed by atoms with Gasteiger partial charge in [0.25, 0.3) is 0 Å². The van der Waals surface area contributed by atoms with Gasteiger partial charge in [0.15, 0.2) is 0 Å². The van der Waals surface area contributed by atoms with Crippen molar-refractivity contribution in [3.63, 3.8) is 0 Å². The fourth-order valence-corrected chi connectivity index (χ4v) is 2.99. The van der Waals surface area contributed by atoms with Crippen LogP contribution in [0.4, 0.5) is 16.3 Å². The van der Waals surface area contributed by atoms with Crippen LogP contribution in [0.1, 0.15) is 17.7 Å². The topological polar surface area (TPSA) is 88.0 Å². The molecule has 7 nitrogen and oxygen atoms in total. The molecule has 8 heteroatoms. The van der Waals surface area contributed by atoms with Crippen LogP contribution in [0.2, 0.25) is 0 Å². The molecule has 0 bridgehead atoms. The van der Waals surface area contributed by atoms with Crippen molar-refractivity contribution in [2.75, 3.05) is 17.2 Å². The molecule has 1 heterocycles. The van der Waals surface area contributed by atoms with E-state index in [1.54, 1.807) is 16.8 Å². The maximum absolute atomic E-state index is 12.3. The zero-order valence-electron chi connectivity index (χ0n) is 16.0. The molecule has 2 aromatic carbocycles. The van der Waals surface area contributed by atoms with Crippen LogP contribution in [0, 0.1) is 6.92 Å². The first-order valence-corrected chi connectivity index (χ1v) is 9.97. The van der Waals surface area contributed by atoms with Crippen molar-refractivity contribution in [2.24, 2.45) is 0 Å². The van der Waals surface area contributed by atoms with Crippen molar-refractivity contribution < 1.29 is 9.59 Å². The molecule has 0 fully saturated rings. The van der Waals surface area contributed by atoms with Crippen LogP contribution in [0.5, 0.6) is 0 Å². The lowest BCUT2D eigenvalue weighted by Gasteiger charge is -2.10. The van der Waals surface area contributed by atoms with Gasteiger partial charge >= 0.3 is 6.03 Å². The van der Waals surface area contributed by atoms with Gasteiger partial charge in [0.05, 0.1) is 12.2 Å². The van der Waals surface area contributed by atoms with Crippen molar-refractivity contribution in [2.45, 2.75) is 19.9 Å². The third-order valence-electron chi connectivity index (χ3n) is 4.08. The van der Waals surface area contributed by atoms with Crippen LogP contribution in [0.3, 0.4) is 0 Å². The fraction of sp³-hybridized carbons (Fsp3) is 0.190. The average molecular weight is 456 g/mol. The van der Waals surface area contributed by atoms with E-state index in [9.17, 15) is 9.59 Å². The van der Waals surface area contributed by atoms with E-state index in [2.05, 4.69) is 37.0 Å². The summed E-state index contributed by atoms with van der Waals surface area (Å²) in [6.45, 7) is 2.67. The van der Waals surface area contributed by atoms with E-state index >= 15 is 0 Å². The summed E-state index contributed by atoms with van der Waals surface area (Å²) in [7, 11) is 0. The molecule has 3 N–H and O–H groups in total. The maximum Gasteiger partial charge on any atom is 0.319 e. The van der Waals surface area contributed by atoms with Crippen LogP contribution < -0.4 is 16.0 Å². The van der Waals surface area contributed by atoms with Gasteiger partial charge in [-0.05, 0) is 36.8 Å². The molecular weight excluding hydrogens is 434 g/mol. The first-order chi connectivity index (χ1) is 14.0. The third kappa shape index (κ3) is 6.46. The Morgan fingerprint density at radius 3 is 2.48 bits per heavy atom. The van der Waals surface area contributed by atoms with Gasteiger partial charge in [-0.1, -0.05) is 46.3 Å². The van der Waals surface area contributed by atoms with E-state index in [4.69, 9.17) is 0 Å². The summed E-state index contributed by atoms with van der Waals surface area (Å²) in [4.78, 5) is 24.2. The lowest BCUT2D eigenvalue weighted by atomic mass is 10.2. The maximum atomic E-state index is 12.3. The van der Waals surface area contributed by atoms with Gasteiger partial charge in [0.2, 0.25) is 5.91 Å². The minimum absolute atomic E-state index is 0.156. The molecular formula is C21H22BrN5O2. The number of hydrogen-bond acceptors (Lipinski definition) is 3. The summed E-state index contributed by atoms with van der Waals surface area (Å²) in [6.07, 6.45) is 0.156. The minimum Gasteiger partial charge on any atom is -0.337 e. The molecule has 0 aliphatic heterocycles. The van der Waals surface area contributed by atoms with E-state index in [0.717, 1.165) is 15.7 Å². The molecule has 3 rings (SSSR count). The van der Waals surface area contributed by atoms with Crippen molar-refractivity contribution in [3.8, 4) is 0 Å². The highest BCUT2D eigenvalue weighted by atomic mass is 79.9. The SMILES string of the molecule is Cc1cc(NC(=O)CCNC(=O)Nc2ccc(Br)cc2)n(Cc2ccccc2)n1.